The lowest BCUT2D eigenvalue weighted by atomic mass is 10.1. The molecule has 0 spiro atoms. The molecule has 1 aromatic heterocycles. The number of aromatic nitrogens is 1. The molecule has 70 valence electrons. The van der Waals surface area contributed by atoms with Crippen molar-refractivity contribution in [3.05, 3.63) is 30.1 Å². The summed E-state index contributed by atoms with van der Waals surface area (Å²) < 4.78 is 0. The van der Waals surface area contributed by atoms with Crippen LogP contribution in [0.4, 0.5) is 0 Å². The smallest absolute Gasteiger partial charge is 0.243 e. The SMILES string of the molecule is O=C1NN=C(c2cccnc2)[C@H]2C[C@@H]12. The first-order valence-electron chi connectivity index (χ1n) is 4.64. The number of carbonyl (C=O) groups excluding carboxylic acids is 1. The Morgan fingerprint density at radius 1 is 1.43 bits per heavy atom. The lowest BCUT2D eigenvalue weighted by Gasteiger charge is -2.10. The van der Waals surface area contributed by atoms with E-state index < -0.39 is 0 Å². The summed E-state index contributed by atoms with van der Waals surface area (Å²) >= 11 is 0. The standard InChI is InChI=1S/C10H9N3O/c14-10-8-4-7(8)9(12-13-10)6-2-1-3-11-5-6/h1-3,5,7-8H,4H2,(H,13,14)/t7-,8+/m0/s1. The van der Waals surface area contributed by atoms with Crippen LogP contribution in [0.15, 0.2) is 29.6 Å². The number of nitrogens with zero attached hydrogens (tertiary/aromatic N) is 2. The van der Waals surface area contributed by atoms with Gasteiger partial charge in [-0.3, -0.25) is 9.78 Å². The Labute approximate surface area is 81.0 Å². The number of nitrogens with one attached hydrogen (secondary N) is 1. The van der Waals surface area contributed by atoms with E-state index in [2.05, 4.69) is 15.5 Å². The van der Waals surface area contributed by atoms with Gasteiger partial charge >= 0.3 is 0 Å². The number of carbonyl (C=O) groups is 1. The molecule has 1 fully saturated rings. The number of hydrazone groups is 1. The topological polar surface area (TPSA) is 54.4 Å². The van der Waals surface area contributed by atoms with Crippen LogP contribution in [0.2, 0.25) is 0 Å². The van der Waals surface area contributed by atoms with E-state index in [0.29, 0.717) is 5.92 Å². The Kier molecular flexibility index (Phi) is 1.45. The van der Waals surface area contributed by atoms with Gasteiger partial charge in [-0.05, 0) is 18.6 Å². The third-order valence-electron chi connectivity index (χ3n) is 2.72. The highest BCUT2D eigenvalue weighted by Crippen LogP contribution is 2.43. The normalized spacial score (nSPS) is 28.9. The minimum atomic E-state index is 0.0580. The van der Waals surface area contributed by atoms with Crippen molar-refractivity contribution in [1.29, 1.82) is 0 Å². The Hall–Kier alpha value is -1.71. The van der Waals surface area contributed by atoms with E-state index in [1.807, 2.05) is 12.1 Å². The lowest BCUT2D eigenvalue weighted by molar-refractivity contribution is -0.122. The number of pyridine rings is 1. The van der Waals surface area contributed by atoms with Gasteiger partial charge in [0, 0.05) is 29.8 Å². The van der Waals surface area contributed by atoms with Crippen LogP contribution in [-0.2, 0) is 4.79 Å². The summed E-state index contributed by atoms with van der Waals surface area (Å²) in [6, 6.07) is 3.85. The van der Waals surface area contributed by atoms with Gasteiger partial charge in [0.2, 0.25) is 5.91 Å². The first kappa shape index (κ1) is 7.67. The van der Waals surface area contributed by atoms with E-state index in [9.17, 15) is 4.79 Å². The van der Waals surface area contributed by atoms with E-state index in [4.69, 9.17) is 0 Å². The highest BCUT2D eigenvalue weighted by molar-refractivity contribution is 6.09. The maximum atomic E-state index is 11.2. The average Bonchev–Trinajstić information content (AvgIpc) is 3.00. The molecule has 2 atom stereocenters. The Bertz CT molecular complexity index is 413. The number of hydrogen-bond donors (Lipinski definition) is 1. The van der Waals surface area contributed by atoms with Gasteiger partial charge < -0.3 is 0 Å². The summed E-state index contributed by atoms with van der Waals surface area (Å²) in [5, 5.41) is 4.08. The molecule has 3 rings (SSSR count). The molecule has 1 aromatic rings. The molecule has 0 aromatic carbocycles. The lowest BCUT2D eigenvalue weighted by Crippen LogP contribution is -2.28. The molecular formula is C10H9N3O. The third kappa shape index (κ3) is 1.04. The highest BCUT2D eigenvalue weighted by Gasteiger charge is 2.49. The zero-order valence-corrected chi connectivity index (χ0v) is 7.47. The quantitative estimate of drug-likeness (QED) is 0.698. The maximum absolute atomic E-state index is 11.2. The molecule has 1 saturated carbocycles. The molecule has 1 amide bonds. The van der Waals surface area contributed by atoms with Crippen LogP contribution in [0.5, 0.6) is 0 Å². The summed E-state index contributed by atoms with van der Waals surface area (Å²) in [6.45, 7) is 0. The molecule has 1 aliphatic carbocycles. The number of fused-ring (bicyclic) bond motifs is 1. The largest absolute Gasteiger partial charge is 0.273 e. The predicted octanol–water partition coefficient (Wildman–Crippen LogP) is 0.552. The first-order chi connectivity index (χ1) is 6.86. The van der Waals surface area contributed by atoms with Crippen LogP contribution in [0.3, 0.4) is 0 Å². The van der Waals surface area contributed by atoms with E-state index >= 15 is 0 Å². The molecule has 4 heteroatoms. The summed E-state index contributed by atoms with van der Waals surface area (Å²) in [6.07, 6.45) is 4.45. The van der Waals surface area contributed by atoms with Gasteiger partial charge in [0.05, 0.1) is 5.71 Å². The van der Waals surface area contributed by atoms with Gasteiger partial charge in [-0.25, -0.2) is 5.43 Å². The Morgan fingerprint density at radius 2 is 2.36 bits per heavy atom. The Morgan fingerprint density at radius 3 is 3.14 bits per heavy atom. The molecule has 0 unspecified atom stereocenters. The monoisotopic (exact) mass is 187 g/mol. The third-order valence-corrected chi connectivity index (χ3v) is 2.72. The summed E-state index contributed by atoms with van der Waals surface area (Å²) in [4.78, 5) is 15.2. The van der Waals surface area contributed by atoms with Crippen LogP contribution < -0.4 is 5.43 Å². The number of amides is 1. The molecule has 0 bridgehead atoms. The van der Waals surface area contributed by atoms with Gasteiger partial charge in [-0.1, -0.05) is 0 Å². The zero-order chi connectivity index (χ0) is 9.54. The van der Waals surface area contributed by atoms with Crippen LogP contribution >= 0.6 is 0 Å². The van der Waals surface area contributed by atoms with Gasteiger partial charge in [0.15, 0.2) is 0 Å². The molecule has 2 heterocycles. The Balaban J connectivity index is 1.97. The fraction of sp³-hybridized carbons (Fsp3) is 0.300. The fourth-order valence-corrected chi connectivity index (χ4v) is 1.86. The van der Waals surface area contributed by atoms with Crippen molar-refractivity contribution in [3.63, 3.8) is 0 Å². The van der Waals surface area contributed by atoms with Crippen molar-refractivity contribution in [2.24, 2.45) is 16.9 Å². The minimum Gasteiger partial charge on any atom is -0.273 e. The molecular weight excluding hydrogens is 178 g/mol. The second-order valence-electron chi connectivity index (χ2n) is 3.66. The highest BCUT2D eigenvalue weighted by atomic mass is 16.2. The van der Waals surface area contributed by atoms with Gasteiger partial charge in [0.25, 0.3) is 0 Å². The van der Waals surface area contributed by atoms with Crippen molar-refractivity contribution >= 4 is 11.6 Å². The van der Waals surface area contributed by atoms with Crippen LogP contribution in [0.1, 0.15) is 12.0 Å². The van der Waals surface area contributed by atoms with Crippen LogP contribution in [-0.4, -0.2) is 16.6 Å². The number of hydrogen-bond acceptors (Lipinski definition) is 3. The molecule has 1 aliphatic heterocycles. The van der Waals surface area contributed by atoms with E-state index in [1.54, 1.807) is 12.4 Å². The molecule has 0 saturated heterocycles. The first-order valence-corrected chi connectivity index (χ1v) is 4.64. The average molecular weight is 187 g/mol. The summed E-state index contributed by atoms with van der Waals surface area (Å²) in [5.41, 5.74) is 4.53. The molecule has 1 N–H and O–H groups in total. The number of rotatable bonds is 1. The second-order valence-corrected chi connectivity index (χ2v) is 3.66. The van der Waals surface area contributed by atoms with E-state index in [0.717, 1.165) is 17.7 Å². The van der Waals surface area contributed by atoms with Crippen molar-refractivity contribution in [1.82, 2.24) is 10.4 Å². The van der Waals surface area contributed by atoms with Crippen molar-refractivity contribution in [2.75, 3.05) is 0 Å². The molecule has 4 nitrogen and oxygen atoms in total. The molecule has 0 radical (unpaired) electrons. The predicted molar refractivity (Wildman–Crippen MR) is 50.5 cm³/mol. The fourth-order valence-electron chi connectivity index (χ4n) is 1.86. The van der Waals surface area contributed by atoms with Gasteiger partial charge in [-0.15, -0.1) is 0 Å². The van der Waals surface area contributed by atoms with E-state index in [-0.39, 0.29) is 11.8 Å². The summed E-state index contributed by atoms with van der Waals surface area (Å²) in [5.74, 6) is 0.540. The second kappa shape index (κ2) is 2.64. The van der Waals surface area contributed by atoms with Gasteiger partial charge in [-0.2, -0.15) is 5.10 Å². The maximum Gasteiger partial charge on any atom is 0.243 e. The van der Waals surface area contributed by atoms with E-state index in [1.165, 1.54) is 0 Å². The van der Waals surface area contributed by atoms with Crippen LogP contribution in [0, 0.1) is 11.8 Å². The van der Waals surface area contributed by atoms with Crippen molar-refractivity contribution < 1.29 is 4.79 Å². The zero-order valence-electron chi connectivity index (χ0n) is 7.47. The van der Waals surface area contributed by atoms with Crippen LogP contribution in [0.25, 0.3) is 0 Å². The summed E-state index contributed by atoms with van der Waals surface area (Å²) in [7, 11) is 0. The molecule has 2 aliphatic rings. The molecule has 14 heavy (non-hydrogen) atoms. The van der Waals surface area contributed by atoms with Crippen molar-refractivity contribution in [3.8, 4) is 0 Å². The van der Waals surface area contributed by atoms with Crippen molar-refractivity contribution in [2.45, 2.75) is 6.42 Å². The van der Waals surface area contributed by atoms with Gasteiger partial charge in [0.1, 0.15) is 0 Å². The minimum absolute atomic E-state index is 0.0580.